The Balaban J connectivity index is 1.72. The largest absolute Gasteiger partial charge is 0.494 e. The van der Waals surface area contributed by atoms with Crippen molar-refractivity contribution in [3.63, 3.8) is 0 Å². The van der Waals surface area contributed by atoms with E-state index in [0.717, 1.165) is 28.3 Å². The monoisotopic (exact) mass is 445 g/mol. The molecule has 6 nitrogen and oxygen atoms in total. The molecule has 0 saturated heterocycles. The first-order valence-electron chi connectivity index (χ1n) is 8.84. The quantitative estimate of drug-likeness (QED) is 0.476. The van der Waals surface area contributed by atoms with Crippen molar-refractivity contribution < 1.29 is 17.5 Å². The van der Waals surface area contributed by atoms with Gasteiger partial charge in [0.2, 0.25) is 10.0 Å². The van der Waals surface area contributed by atoms with Gasteiger partial charge in [-0.2, -0.15) is 5.10 Å². The summed E-state index contributed by atoms with van der Waals surface area (Å²) >= 11 is 6.39. The first kappa shape index (κ1) is 20.2. The summed E-state index contributed by atoms with van der Waals surface area (Å²) in [6.07, 6.45) is 2.79. The molecule has 0 saturated carbocycles. The van der Waals surface area contributed by atoms with Crippen molar-refractivity contribution in [2.24, 2.45) is 0 Å². The van der Waals surface area contributed by atoms with Crippen molar-refractivity contribution >= 4 is 38.2 Å². The highest BCUT2D eigenvalue weighted by molar-refractivity contribution is 7.92. The predicted octanol–water partition coefficient (Wildman–Crippen LogP) is 4.87. The highest BCUT2D eigenvalue weighted by Gasteiger charge is 2.12. The molecule has 0 unspecified atom stereocenters. The van der Waals surface area contributed by atoms with E-state index < -0.39 is 15.8 Å². The van der Waals surface area contributed by atoms with Gasteiger partial charge in [0.1, 0.15) is 0 Å². The third-order valence-electron chi connectivity index (χ3n) is 4.53. The van der Waals surface area contributed by atoms with E-state index in [1.807, 2.05) is 18.2 Å². The molecule has 30 heavy (non-hydrogen) atoms. The van der Waals surface area contributed by atoms with Crippen molar-refractivity contribution in [3.05, 3.63) is 71.6 Å². The Morgan fingerprint density at radius 1 is 1.10 bits per heavy atom. The maximum absolute atomic E-state index is 13.7. The van der Waals surface area contributed by atoms with Crippen LogP contribution >= 0.6 is 11.6 Å². The Kier molecular flexibility index (Phi) is 5.13. The smallest absolute Gasteiger partial charge is 0.229 e. The lowest BCUT2D eigenvalue weighted by molar-refractivity contribution is 0.386. The topological polar surface area (TPSA) is 73.2 Å². The number of hydrogen-bond acceptors (Lipinski definition) is 4. The molecule has 0 bridgehead atoms. The minimum atomic E-state index is -3.38. The molecule has 154 valence electrons. The third-order valence-corrected chi connectivity index (χ3v) is 5.45. The maximum atomic E-state index is 13.7. The summed E-state index contributed by atoms with van der Waals surface area (Å²) in [7, 11) is -1.97. The average Bonchev–Trinajstić information content (AvgIpc) is 3.10. The fourth-order valence-corrected chi connectivity index (χ4v) is 4.06. The summed E-state index contributed by atoms with van der Waals surface area (Å²) in [6, 6.07) is 15.2. The van der Waals surface area contributed by atoms with Gasteiger partial charge in [-0.15, -0.1) is 0 Å². The Hall–Kier alpha value is -3.10. The van der Waals surface area contributed by atoms with Gasteiger partial charge in [-0.3, -0.25) is 4.72 Å². The first-order chi connectivity index (χ1) is 14.2. The number of anilines is 1. The van der Waals surface area contributed by atoms with E-state index in [-0.39, 0.29) is 5.75 Å². The van der Waals surface area contributed by atoms with Crippen molar-refractivity contribution in [1.29, 1.82) is 0 Å². The summed E-state index contributed by atoms with van der Waals surface area (Å²) in [4.78, 5) is 0. The Bertz CT molecular complexity index is 1370. The number of fused-ring (bicyclic) bond motifs is 1. The van der Waals surface area contributed by atoms with Crippen LogP contribution in [0.4, 0.5) is 10.1 Å². The number of ether oxygens (including phenoxy) is 1. The molecule has 9 heteroatoms. The lowest BCUT2D eigenvalue weighted by atomic mass is 10.0. The summed E-state index contributed by atoms with van der Waals surface area (Å²) in [5.74, 6) is -0.300. The molecule has 0 fully saturated rings. The van der Waals surface area contributed by atoms with E-state index in [1.165, 1.54) is 13.2 Å². The van der Waals surface area contributed by atoms with E-state index in [1.54, 1.807) is 41.2 Å². The van der Waals surface area contributed by atoms with Gasteiger partial charge in [0, 0.05) is 22.7 Å². The lowest BCUT2D eigenvalue weighted by Crippen LogP contribution is -2.09. The zero-order valence-electron chi connectivity index (χ0n) is 16.1. The molecule has 0 amide bonds. The van der Waals surface area contributed by atoms with Gasteiger partial charge in [-0.1, -0.05) is 23.7 Å². The number of halogens is 2. The number of aromatic nitrogens is 2. The Morgan fingerprint density at radius 2 is 1.90 bits per heavy atom. The van der Waals surface area contributed by atoms with Crippen molar-refractivity contribution in [1.82, 2.24) is 9.78 Å². The van der Waals surface area contributed by atoms with E-state index >= 15 is 0 Å². The molecule has 0 aliphatic rings. The molecule has 4 rings (SSSR count). The SMILES string of the molecule is COc1cc(-n2ncc3cc(-c4ccc(NS(C)(=O)=O)cc4Cl)ccc32)ccc1F. The molecule has 3 aromatic carbocycles. The van der Waals surface area contributed by atoms with Crippen molar-refractivity contribution in [2.45, 2.75) is 0 Å². The molecule has 1 N–H and O–H groups in total. The van der Waals surface area contributed by atoms with Crippen molar-refractivity contribution in [3.8, 4) is 22.6 Å². The summed E-state index contributed by atoms with van der Waals surface area (Å²) in [6.45, 7) is 0. The van der Waals surface area contributed by atoms with Gasteiger partial charge in [-0.25, -0.2) is 17.5 Å². The Labute approximate surface area is 177 Å². The number of rotatable bonds is 5. The molecule has 0 aliphatic heterocycles. The number of sulfonamides is 1. The molecular formula is C21H17ClFN3O3S. The van der Waals surface area contributed by atoms with Crippen molar-refractivity contribution in [2.75, 3.05) is 18.1 Å². The Morgan fingerprint density at radius 3 is 2.60 bits per heavy atom. The molecule has 0 atom stereocenters. The highest BCUT2D eigenvalue weighted by Crippen LogP contribution is 2.33. The second-order valence-corrected chi connectivity index (χ2v) is 8.87. The van der Waals surface area contributed by atoms with Crippen LogP contribution in [0.5, 0.6) is 5.75 Å². The molecule has 0 spiro atoms. The van der Waals surface area contributed by atoms with Gasteiger partial charge in [0.05, 0.1) is 35.8 Å². The summed E-state index contributed by atoms with van der Waals surface area (Å²) < 4.78 is 45.7. The number of methoxy groups -OCH3 is 1. The predicted molar refractivity (Wildman–Crippen MR) is 116 cm³/mol. The second-order valence-electron chi connectivity index (χ2n) is 6.72. The van der Waals surface area contributed by atoms with Crippen LogP contribution in [0, 0.1) is 5.82 Å². The highest BCUT2D eigenvalue weighted by atomic mass is 35.5. The van der Waals surface area contributed by atoms with Gasteiger partial charge < -0.3 is 4.74 Å². The van der Waals surface area contributed by atoms with Crippen LogP contribution in [-0.4, -0.2) is 31.6 Å². The first-order valence-corrected chi connectivity index (χ1v) is 11.1. The normalized spacial score (nSPS) is 11.6. The number of nitrogens with zero attached hydrogens (tertiary/aromatic N) is 2. The van der Waals surface area contributed by atoms with Crippen LogP contribution in [0.25, 0.3) is 27.7 Å². The minimum Gasteiger partial charge on any atom is -0.494 e. The van der Waals surface area contributed by atoms with Gasteiger partial charge >= 0.3 is 0 Å². The second kappa shape index (κ2) is 7.62. The van der Waals surface area contributed by atoms with Gasteiger partial charge in [-0.05, 0) is 42.0 Å². The third kappa shape index (κ3) is 3.96. The molecule has 1 heterocycles. The van der Waals surface area contributed by atoms with Crippen LogP contribution < -0.4 is 9.46 Å². The standard InChI is InChI=1S/C21H17ClFN3O3S/c1-29-21-11-16(5-7-19(21)23)26-20-8-3-13(9-14(20)12-24-26)17-6-4-15(10-18(17)22)25-30(2,27)28/h3-12,25H,1-2H3. The van der Waals surface area contributed by atoms with Crippen LogP contribution in [0.1, 0.15) is 0 Å². The summed E-state index contributed by atoms with van der Waals surface area (Å²) in [5, 5.41) is 5.69. The molecule has 1 aromatic heterocycles. The molecule has 4 aromatic rings. The maximum Gasteiger partial charge on any atom is 0.229 e. The summed E-state index contributed by atoms with van der Waals surface area (Å²) in [5.41, 5.74) is 3.51. The molecule has 0 radical (unpaired) electrons. The lowest BCUT2D eigenvalue weighted by Gasteiger charge is -2.10. The van der Waals surface area contributed by atoms with E-state index in [9.17, 15) is 12.8 Å². The average molecular weight is 446 g/mol. The fraction of sp³-hybridized carbons (Fsp3) is 0.0952. The number of nitrogens with one attached hydrogen (secondary N) is 1. The van der Waals surface area contributed by atoms with Gasteiger partial charge in [0.15, 0.2) is 11.6 Å². The minimum absolute atomic E-state index is 0.141. The zero-order valence-corrected chi connectivity index (χ0v) is 17.6. The van der Waals surface area contributed by atoms with Gasteiger partial charge in [0.25, 0.3) is 0 Å². The van der Waals surface area contributed by atoms with E-state index in [0.29, 0.717) is 16.4 Å². The number of hydrogen-bond donors (Lipinski definition) is 1. The zero-order chi connectivity index (χ0) is 21.5. The molecule has 0 aliphatic carbocycles. The van der Waals surface area contributed by atoms with E-state index in [4.69, 9.17) is 16.3 Å². The van der Waals surface area contributed by atoms with Crippen LogP contribution in [0.3, 0.4) is 0 Å². The van der Waals surface area contributed by atoms with Crippen LogP contribution in [-0.2, 0) is 10.0 Å². The fourth-order valence-electron chi connectivity index (χ4n) is 3.21. The van der Waals surface area contributed by atoms with E-state index in [2.05, 4.69) is 9.82 Å². The number of benzene rings is 3. The molecular weight excluding hydrogens is 429 g/mol. The van der Waals surface area contributed by atoms with Crippen LogP contribution in [0.15, 0.2) is 60.8 Å². The van der Waals surface area contributed by atoms with Crippen LogP contribution in [0.2, 0.25) is 5.02 Å².